The Balaban J connectivity index is 2.57. The molecule has 0 aliphatic carbocycles. The summed E-state index contributed by atoms with van der Waals surface area (Å²) in [5.74, 6) is 0.364. The third kappa shape index (κ3) is 2.26. The number of nitrogen functional groups attached to an aromatic ring is 1. The van der Waals surface area contributed by atoms with Crippen molar-refractivity contribution in [1.29, 1.82) is 0 Å². The van der Waals surface area contributed by atoms with Gasteiger partial charge in [0.1, 0.15) is 11.4 Å². The zero-order valence-corrected chi connectivity index (χ0v) is 11.9. The van der Waals surface area contributed by atoms with Crippen molar-refractivity contribution < 1.29 is 5.11 Å². The summed E-state index contributed by atoms with van der Waals surface area (Å²) < 4.78 is 0.970. The summed E-state index contributed by atoms with van der Waals surface area (Å²) in [6, 6.07) is 9.38. The lowest BCUT2D eigenvalue weighted by atomic mass is 9.86. The van der Waals surface area contributed by atoms with Crippen molar-refractivity contribution in [3.8, 4) is 0 Å². The summed E-state index contributed by atoms with van der Waals surface area (Å²) >= 11 is 3.38. The van der Waals surface area contributed by atoms with Crippen molar-refractivity contribution in [2.24, 2.45) is 0 Å². The molecule has 0 amide bonds. The van der Waals surface area contributed by atoms with E-state index in [-0.39, 0.29) is 0 Å². The molecule has 1 atom stereocenters. The van der Waals surface area contributed by atoms with Crippen LogP contribution in [0.3, 0.4) is 0 Å². The Morgan fingerprint density at radius 2 is 1.83 bits per heavy atom. The predicted octanol–water partition coefficient (Wildman–Crippen LogP) is 2.99. The second-order valence-corrected chi connectivity index (χ2v) is 5.38. The summed E-state index contributed by atoms with van der Waals surface area (Å²) in [4.78, 5) is 4.06. The number of anilines is 1. The molecule has 1 aromatic carbocycles. The minimum absolute atomic E-state index is 0.364. The lowest BCUT2D eigenvalue weighted by Crippen LogP contribution is -2.26. The fraction of sp³-hybridized carbons (Fsp3) is 0.214. The van der Waals surface area contributed by atoms with Crippen molar-refractivity contribution >= 4 is 21.7 Å². The fourth-order valence-electron chi connectivity index (χ4n) is 2.13. The SMILES string of the molecule is Cc1ccnc(N)c1C(C)(O)c1ccc(Br)cc1. The van der Waals surface area contributed by atoms with Crippen LogP contribution >= 0.6 is 15.9 Å². The first-order valence-electron chi connectivity index (χ1n) is 5.63. The van der Waals surface area contributed by atoms with Crippen LogP contribution in [-0.4, -0.2) is 10.1 Å². The van der Waals surface area contributed by atoms with Crippen LogP contribution in [0.1, 0.15) is 23.6 Å². The number of halogens is 1. The van der Waals surface area contributed by atoms with Crippen molar-refractivity contribution in [3.63, 3.8) is 0 Å². The second kappa shape index (κ2) is 4.71. The highest BCUT2D eigenvalue weighted by atomic mass is 79.9. The summed E-state index contributed by atoms with van der Waals surface area (Å²) in [7, 11) is 0. The summed E-state index contributed by atoms with van der Waals surface area (Å²) in [6.07, 6.45) is 1.64. The maximum atomic E-state index is 10.8. The number of rotatable bonds is 2. The lowest BCUT2D eigenvalue weighted by molar-refractivity contribution is 0.102. The van der Waals surface area contributed by atoms with Gasteiger partial charge in [-0.25, -0.2) is 4.98 Å². The Kier molecular flexibility index (Phi) is 3.41. The Morgan fingerprint density at radius 3 is 2.39 bits per heavy atom. The molecule has 2 aromatic rings. The number of aliphatic hydroxyl groups is 1. The van der Waals surface area contributed by atoms with Crippen LogP contribution in [0.15, 0.2) is 41.0 Å². The first-order chi connectivity index (χ1) is 8.43. The second-order valence-electron chi connectivity index (χ2n) is 4.47. The van der Waals surface area contributed by atoms with Crippen LogP contribution in [0, 0.1) is 6.92 Å². The number of benzene rings is 1. The van der Waals surface area contributed by atoms with Crippen molar-refractivity contribution in [2.75, 3.05) is 5.73 Å². The minimum Gasteiger partial charge on any atom is -0.383 e. The van der Waals surface area contributed by atoms with Gasteiger partial charge in [-0.2, -0.15) is 0 Å². The van der Waals surface area contributed by atoms with Gasteiger partial charge in [0.15, 0.2) is 0 Å². The molecule has 4 heteroatoms. The molecule has 18 heavy (non-hydrogen) atoms. The molecule has 3 N–H and O–H groups in total. The van der Waals surface area contributed by atoms with E-state index in [0.717, 1.165) is 15.6 Å². The number of hydrogen-bond donors (Lipinski definition) is 2. The molecule has 1 aromatic heterocycles. The largest absolute Gasteiger partial charge is 0.383 e. The third-order valence-electron chi connectivity index (χ3n) is 3.08. The van der Waals surface area contributed by atoms with Crippen LogP contribution in [0.5, 0.6) is 0 Å². The van der Waals surface area contributed by atoms with Crippen molar-refractivity contribution in [3.05, 3.63) is 57.7 Å². The van der Waals surface area contributed by atoms with Gasteiger partial charge in [0.05, 0.1) is 0 Å². The average Bonchev–Trinajstić information content (AvgIpc) is 2.29. The van der Waals surface area contributed by atoms with Gasteiger partial charge in [-0.05, 0) is 43.2 Å². The first kappa shape index (κ1) is 13.1. The van der Waals surface area contributed by atoms with Gasteiger partial charge in [0, 0.05) is 16.2 Å². The van der Waals surface area contributed by atoms with E-state index in [1.807, 2.05) is 37.3 Å². The molecule has 0 aliphatic rings. The zero-order chi connectivity index (χ0) is 13.3. The predicted molar refractivity (Wildman–Crippen MR) is 76.2 cm³/mol. The lowest BCUT2D eigenvalue weighted by Gasteiger charge is -2.27. The average molecular weight is 307 g/mol. The van der Waals surface area contributed by atoms with Gasteiger partial charge >= 0.3 is 0 Å². The number of nitrogens with two attached hydrogens (primary N) is 1. The molecule has 2 rings (SSSR count). The number of nitrogens with zero attached hydrogens (tertiary/aromatic N) is 1. The molecule has 94 valence electrons. The van der Waals surface area contributed by atoms with E-state index in [1.54, 1.807) is 13.1 Å². The fourth-order valence-corrected chi connectivity index (χ4v) is 2.40. The number of hydrogen-bond acceptors (Lipinski definition) is 3. The van der Waals surface area contributed by atoms with E-state index in [9.17, 15) is 5.11 Å². The van der Waals surface area contributed by atoms with Crippen LogP contribution in [-0.2, 0) is 5.60 Å². The van der Waals surface area contributed by atoms with E-state index < -0.39 is 5.60 Å². The highest BCUT2D eigenvalue weighted by Gasteiger charge is 2.29. The molecule has 0 bridgehead atoms. The molecule has 3 nitrogen and oxygen atoms in total. The Morgan fingerprint density at radius 1 is 1.22 bits per heavy atom. The van der Waals surface area contributed by atoms with Gasteiger partial charge in [-0.3, -0.25) is 0 Å². The van der Waals surface area contributed by atoms with Crippen LogP contribution in [0.25, 0.3) is 0 Å². The zero-order valence-electron chi connectivity index (χ0n) is 10.3. The van der Waals surface area contributed by atoms with Gasteiger partial charge in [-0.1, -0.05) is 28.1 Å². The van der Waals surface area contributed by atoms with Gasteiger partial charge in [-0.15, -0.1) is 0 Å². The molecule has 0 saturated carbocycles. The van der Waals surface area contributed by atoms with Crippen molar-refractivity contribution in [1.82, 2.24) is 4.98 Å². The van der Waals surface area contributed by atoms with E-state index >= 15 is 0 Å². The van der Waals surface area contributed by atoms with Gasteiger partial charge in [0.25, 0.3) is 0 Å². The van der Waals surface area contributed by atoms with Gasteiger partial charge < -0.3 is 10.8 Å². The molecule has 1 unspecified atom stereocenters. The summed E-state index contributed by atoms with van der Waals surface area (Å²) in [6.45, 7) is 3.65. The Hall–Kier alpha value is -1.39. The number of aromatic nitrogens is 1. The third-order valence-corrected chi connectivity index (χ3v) is 3.61. The molecule has 0 fully saturated rings. The quantitative estimate of drug-likeness (QED) is 0.896. The first-order valence-corrected chi connectivity index (χ1v) is 6.42. The van der Waals surface area contributed by atoms with Crippen LogP contribution in [0.2, 0.25) is 0 Å². The topological polar surface area (TPSA) is 59.1 Å². The van der Waals surface area contributed by atoms with Crippen LogP contribution in [0.4, 0.5) is 5.82 Å². The van der Waals surface area contributed by atoms with E-state index in [1.165, 1.54) is 0 Å². The monoisotopic (exact) mass is 306 g/mol. The molecule has 0 spiro atoms. The normalized spacial score (nSPS) is 14.2. The Labute approximate surface area is 115 Å². The standard InChI is InChI=1S/C14H15BrN2O/c1-9-7-8-17-13(16)12(9)14(2,18)10-3-5-11(15)6-4-10/h3-8,18H,1-2H3,(H2,16,17). The smallest absolute Gasteiger partial charge is 0.130 e. The molecule has 0 aliphatic heterocycles. The summed E-state index contributed by atoms with van der Waals surface area (Å²) in [5, 5.41) is 10.8. The number of pyridine rings is 1. The van der Waals surface area contributed by atoms with Crippen LogP contribution < -0.4 is 5.73 Å². The molecule has 0 radical (unpaired) electrons. The maximum absolute atomic E-state index is 10.8. The number of aryl methyl sites for hydroxylation is 1. The van der Waals surface area contributed by atoms with E-state index in [2.05, 4.69) is 20.9 Å². The molecular weight excluding hydrogens is 292 g/mol. The Bertz CT molecular complexity index is 544. The highest BCUT2D eigenvalue weighted by Crippen LogP contribution is 2.34. The molecular formula is C14H15BrN2O. The summed E-state index contributed by atoms with van der Waals surface area (Å²) in [5.41, 5.74) is 7.12. The van der Waals surface area contributed by atoms with Gasteiger partial charge in [0.2, 0.25) is 0 Å². The molecule has 0 saturated heterocycles. The van der Waals surface area contributed by atoms with E-state index in [0.29, 0.717) is 11.4 Å². The molecule has 1 heterocycles. The maximum Gasteiger partial charge on any atom is 0.130 e. The van der Waals surface area contributed by atoms with E-state index in [4.69, 9.17) is 5.73 Å². The highest BCUT2D eigenvalue weighted by molar-refractivity contribution is 9.10. The minimum atomic E-state index is -1.15. The van der Waals surface area contributed by atoms with Crippen molar-refractivity contribution in [2.45, 2.75) is 19.4 Å².